The number of aromatic amines is 1. The van der Waals surface area contributed by atoms with E-state index in [9.17, 15) is 0 Å². The normalized spacial score (nSPS) is 14.8. The topological polar surface area (TPSA) is 56.8 Å². The molecule has 0 unspecified atom stereocenters. The van der Waals surface area contributed by atoms with Gasteiger partial charge in [-0.3, -0.25) is 4.98 Å². The Morgan fingerprint density at radius 3 is 2.65 bits per heavy atom. The van der Waals surface area contributed by atoms with E-state index in [4.69, 9.17) is 0 Å². The van der Waals surface area contributed by atoms with Crippen molar-refractivity contribution in [2.75, 3.05) is 31.1 Å². The summed E-state index contributed by atoms with van der Waals surface area (Å²) in [4.78, 5) is 15.9. The van der Waals surface area contributed by atoms with Crippen molar-refractivity contribution in [3.8, 4) is 21.7 Å². The summed E-state index contributed by atoms with van der Waals surface area (Å²) in [6.07, 6.45) is 3.76. The molecular formula is C20H19N5S. The van der Waals surface area contributed by atoms with E-state index in [-0.39, 0.29) is 0 Å². The van der Waals surface area contributed by atoms with Crippen molar-refractivity contribution in [1.29, 1.82) is 0 Å². The number of H-pyrrole nitrogens is 1. The number of aromatic nitrogens is 3. The molecule has 0 amide bonds. The van der Waals surface area contributed by atoms with Gasteiger partial charge in [-0.15, -0.1) is 11.3 Å². The third kappa shape index (κ3) is 2.67. The van der Waals surface area contributed by atoms with Crippen LogP contribution in [0.3, 0.4) is 0 Å². The summed E-state index contributed by atoms with van der Waals surface area (Å²) in [5.74, 6) is 0. The molecule has 5 rings (SSSR count). The van der Waals surface area contributed by atoms with Gasteiger partial charge in [-0.1, -0.05) is 12.1 Å². The Balaban J connectivity index is 1.59. The molecule has 1 aromatic carbocycles. The van der Waals surface area contributed by atoms with Crippen LogP contribution in [0, 0.1) is 0 Å². The largest absolute Gasteiger partial charge is 0.369 e. The summed E-state index contributed by atoms with van der Waals surface area (Å²) in [5.41, 5.74) is 7.54. The van der Waals surface area contributed by atoms with Gasteiger partial charge in [-0.25, -0.2) is 4.98 Å². The van der Waals surface area contributed by atoms with Gasteiger partial charge in [-0.2, -0.15) is 0 Å². The molecule has 0 atom stereocenters. The maximum absolute atomic E-state index is 4.50. The zero-order chi connectivity index (χ0) is 17.3. The third-order valence-corrected chi connectivity index (χ3v) is 5.68. The Bertz CT molecular complexity index is 1010. The first kappa shape index (κ1) is 15.5. The molecule has 26 heavy (non-hydrogen) atoms. The number of benzene rings is 1. The molecule has 1 fully saturated rings. The minimum Gasteiger partial charge on any atom is -0.369 e. The fraction of sp³-hybridized carbons (Fsp3) is 0.200. The van der Waals surface area contributed by atoms with E-state index < -0.39 is 0 Å². The SMILES string of the molecule is c1cnc2[nH]c(-c3ccc(N4CCNCC4)cc3)c(-c3cncs3)c2c1. The second-order valence-electron chi connectivity index (χ2n) is 6.42. The standard InChI is InChI=1S/C20H19N5S/c1-2-16-18(17-12-22-13-26-17)19(24-20(16)23-7-1)14-3-5-15(6-4-14)25-10-8-21-9-11-25/h1-7,12-13,21H,8-11H2,(H,23,24). The van der Waals surface area contributed by atoms with Gasteiger partial charge in [0, 0.05) is 55.2 Å². The zero-order valence-electron chi connectivity index (χ0n) is 14.3. The number of thiazole rings is 1. The van der Waals surface area contributed by atoms with Gasteiger partial charge in [0.1, 0.15) is 5.65 Å². The summed E-state index contributed by atoms with van der Waals surface area (Å²) < 4.78 is 0. The highest BCUT2D eigenvalue weighted by Crippen LogP contribution is 2.39. The van der Waals surface area contributed by atoms with Crippen LogP contribution in [0.2, 0.25) is 0 Å². The highest BCUT2D eigenvalue weighted by atomic mass is 32.1. The van der Waals surface area contributed by atoms with E-state index in [1.165, 1.54) is 16.8 Å². The molecular weight excluding hydrogens is 342 g/mol. The minimum atomic E-state index is 0.914. The van der Waals surface area contributed by atoms with Crippen LogP contribution >= 0.6 is 11.3 Å². The molecule has 1 aliphatic rings. The van der Waals surface area contributed by atoms with E-state index in [1.807, 2.05) is 24.0 Å². The maximum Gasteiger partial charge on any atom is 0.138 e. The van der Waals surface area contributed by atoms with Gasteiger partial charge in [0.05, 0.1) is 16.1 Å². The molecule has 4 heterocycles. The van der Waals surface area contributed by atoms with Gasteiger partial charge >= 0.3 is 0 Å². The molecule has 0 radical (unpaired) electrons. The molecule has 0 spiro atoms. The number of fused-ring (bicyclic) bond motifs is 1. The van der Waals surface area contributed by atoms with Crippen LogP contribution in [-0.2, 0) is 0 Å². The molecule has 1 saturated heterocycles. The lowest BCUT2D eigenvalue weighted by Crippen LogP contribution is -2.43. The number of piperazine rings is 1. The van der Waals surface area contributed by atoms with Crippen LogP contribution in [0.5, 0.6) is 0 Å². The molecule has 130 valence electrons. The molecule has 0 aliphatic carbocycles. The van der Waals surface area contributed by atoms with Crippen molar-refractivity contribution in [3.05, 3.63) is 54.3 Å². The van der Waals surface area contributed by atoms with Crippen molar-refractivity contribution in [2.24, 2.45) is 0 Å². The van der Waals surface area contributed by atoms with Crippen LogP contribution < -0.4 is 10.2 Å². The average Bonchev–Trinajstić information content (AvgIpc) is 3.36. The number of pyridine rings is 1. The summed E-state index contributed by atoms with van der Waals surface area (Å²) >= 11 is 1.66. The maximum atomic E-state index is 4.50. The predicted molar refractivity (Wildman–Crippen MR) is 108 cm³/mol. The summed E-state index contributed by atoms with van der Waals surface area (Å²) in [5, 5.41) is 4.54. The number of hydrogen-bond donors (Lipinski definition) is 2. The van der Waals surface area contributed by atoms with Crippen LogP contribution in [0.4, 0.5) is 5.69 Å². The molecule has 4 aromatic rings. The number of anilines is 1. The first-order valence-corrected chi connectivity index (χ1v) is 9.70. The van der Waals surface area contributed by atoms with Gasteiger partial charge in [0.2, 0.25) is 0 Å². The summed E-state index contributed by atoms with van der Waals surface area (Å²) in [6.45, 7) is 4.21. The first-order chi connectivity index (χ1) is 12.9. The van der Waals surface area contributed by atoms with Gasteiger partial charge < -0.3 is 15.2 Å². The van der Waals surface area contributed by atoms with Crippen LogP contribution in [0.1, 0.15) is 0 Å². The smallest absolute Gasteiger partial charge is 0.138 e. The molecule has 3 aromatic heterocycles. The first-order valence-electron chi connectivity index (χ1n) is 8.82. The van der Waals surface area contributed by atoms with E-state index >= 15 is 0 Å². The number of rotatable bonds is 3. The van der Waals surface area contributed by atoms with Crippen molar-refractivity contribution >= 4 is 28.1 Å². The lowest BCUT2D eigenvalue weighted by Gasteiger charge is -2.29. The number of nitrogens with zero attached hydrogens (tertiary/aromatic N) is 3. The number of nitrogens with one attached hydrogen (secondary N) is 2. The lowest BCUT2D eigenvalue weighted by atomic mass is 10.0. The Labute approximate surface area is 155 Å². The fourth-order valence-corrected chi connectivity index (χ4v) is 4.28. The molecule has 1 aliphatic heterocycles. The monoisotopic (exact) mass is 361 g/mol. The lowest BCUT2D eigenvalue weighted by molar-refractivity contribution is 0.589. The van der Waals surface area contributed by atoms with E-state index in [0.717, 1.165) is 47.8 Å². The quantitative estimate of drug-likeness (QED) is 0.583. The molecule has 6 heteroatoms. The van der Waals surface area contributed by atoms with Crippen molar-refractivity contribution in [3.63, 3.8) is 0 Å². The van der Waals surface area contributed by atoms with Crippen molar-refractivity contribution in [2.45, 2.75) is 0 Å². The van der Waals surface area contributed by atoms with Crippen LogP contribution in [0.15, 0.2) is 54.3 Å². The van der Waals surface area contributed by atoms with Gasteiger partial charge in [-0.05, 0) is 29.8 Å². The number of hydrogen-bond acceptors (Lipinski definition) is 5. The van der Waals surface area contributed by atoms with Crippen molar-refractivity contribution < 1.29 is 0 Å². The highest BCUT2D eigenvalue weighted by Gasteiger charge is 2.17. The Morgan fingerprint density at radius 1 is 1.04 bits per heavy atom. The third-order valence-electron chi connectivity index (χ3n) is 4.89. The average molecular weight is 361 g/mol. The molecule has 5 nitrogen and oxygen atoms in total. The second-order valence-corrected chi connectivity index (χ2v) is 7.31. The predicted octanol–water partition coefficient (Wildman–Crippen LogP) is 3.76. The molecule has 2 N–H and O–H groups in total. The summed E-state index contributed by atoms with van der Waals surface area (Å²) in [7, 11) is 0. The van der Waals surface area contributed by atoms with E-state index in [2.05, 4.69) is 55.5 Å². The van der Waals surface area contributed by atoms with Crippen molar-refractivity contribution in [1.82, 2.24) is 20.3 Å². The highest BCUT2D eigenvalue weighted by molar-refractivity contribution is 7.13. The van der Waals surface area contributed by atoms with Gasteiger partial charge in [0.25, 0.3) is 0 Å². The van der Waals surface area contributed by atoms with E-state index in [0.29, 0.717) is 0 Å². The summed E-state index contributed by atoms with van der Waals surface area (Å²) in [6, 6.07) is 12.9. The Kier molecular flexibility index (Phi) is 3.92. The molecule has 0 saturated carbocycles. The Morgan fingerprint density at radius 2 is 1.88 bits per heavy atom. The van der Waals surface area contributed by atoms with Crippen LogP contribution in [0.25, 0.3) is 32.7 Å². The van der Waals surface area contributed by atoms with E-state index in [1.54, 1.807) is 11.3 Å². The minimum absolute atomic E-state index is 0.914. The second kappa shape index (κ2) is 6.55. The zero-order valence-corrected chi connectivity index (χ0v) is 15.1. The van der Waals surface area contributed by atoms with Gasteiger partial charge in [0.15, 0.2) is 0 Å². The van der Waals surface area contributed by atoms with Crippen LogP contribution in [-0.4, -0.2) is 41.1 Å². The molecule has 0 bridgehead atoms. The Hall–Kier alpha value is -2.70. The fourth-order valence-electron chi connectivity index (χ4n) is 3.60.